The number of hydrogen-bond donors (Lipinski definition) is 1. The van der Waals surface area contributed by atoms with Crippen LogP contribution in [0.25, 0.3) is 0 Å². The van der Waals surface area contributed by atoms with Gasteiger partial charge < -0.3 is 5.32 Å². The first-order chi connectivity index (χ1) is 6.83. The van der Waals surface area contributed by atoms with E-state index in [1.807, 2.05) is 18.2 Å². The molecule has 1 nitrogen and oxygen atoms in total. The summed E-state index contributed by atoms with van der Waals surface area (Å²) in [5, 5.41) is 3.31. The quantitative estimate of drug-likeness (QED) is 0.661. The predicted octanol–water partition coefficient (Wildman–Crippen LogP) is 4.19. The van der Waals surface area contributed by atoms with E-state index in [2.05, 4.69) is 31.0 Å². The molecule has 0 amide bonds. The van der Waals surface area contributed by atoms with Crippen LogP contribution < -0.4 is 5.32 Å². The molecular formula is C13H19N. The Morgan fingerprint density at radius 2 is 1.93 bits per heavy atom. The Morgan fingerprint density at radius 1 is 1.21 bits per heavy atom. The van der Waals surface area contributed by atoms with Crippen molar-refractivity contribution in [2.45, 2.75) is 32.6 Å². The Labute approximate surface area is 86.8 Å². The van der Waals surface area contributed by atoms with Crippen molar-refractivity contribution in [3.8, 4) is 0 Å². The molecule has 14 heavy (non-hydrogen) atoms. The van der Waals surface area contributed by atoms with Crippen LogP contribution >= 0.6 is 0 Å². The minimum absolute atomic E-state index is 1.07. The first-order valence-electron chi connectivity index (χ1n) is 5.32. The van der Waals surface area contributed by atoms with Gasteiger partial charge in [0.05, 0.1) is 0 Å². The van der Waals surface area contributed by atoms with E-state index in [0.29, 0.717) is 0 Å². The Bertz CT molecular complexity index is 264. The molecule has 0 unspecified atom stereocenters. The number of rotatable bonds is 6. The average Bonchev–Trinajstić information content (AvgIpc) is 2.20. The smallest absolute Gasteiger partial charge is 0.0381 e. The summed E-state index contributed by atoms with van der Waals surface area (Å²) in [7, 11) is 0. The zero-order valence-corrected chi connectivity index (χ0v) is 8.92. The molecule has 0 aromatic heterocycles. The van der Waals surface area contributed by atoms with E-state index in [-0.39, 0.29) is 0 Å². The molecule has 0 heterocycles. The number of benzene rings is 1. The molecule has 0 atom stereocenters. The van der Waals surface area contributed by atoms with E-state index in [1.54, 1.807) is 0 Å². The van der Waals surface area contributed by atoms with Crippen molar-refractivity contribution in [3.05, 3.63) is 42.6 Å². The summed E-state index contributed by atoms with van der Waals surface area (Å²) in [6.45, 7) is 6.23. The van der Waals surface area contributed by atoms with Crippen LogP contribution in [-0.4, -0.2) is 0 Å². The summed E-state index contributed by atoms with van der Waals surface area (Å²) in [5.74, 6) is 0. The molecule has 0 spiro atoms. The Kier molecular flexibility index (Phi) is 4.84. The van der Waals surface area contributed by atoms with Gasteiger partial charge in [0.1, 0.15) is 0 Å². The van der Waals surface area contributed by atoms with E-state index in [9.17, 15) is 0 Å². The minimum atomic E-state index is 1.07. The first kappa shape index (κ1) is 10.8. The summed E-state index contributed by atoms with van der Waals surface area (Å²) in [6, 6.07) is 10.2. The van der Waals surface area contributed by atoms with Gasteiger partial charge in [-0.05, 0) is 25.0 Å². The molecule has 0 fully saturated rings. The first-order valence-corrected chi connectivity index (χ1v) is 5.32. The lowest BCUT2D eigenvalue weighted by atomic mass is 10.1. The third kappa shape index (κ3) is 4.13. The van der Waals surface area contributed by atoms with Gasteiger partial charge in [0.15, 0.2) is 0 Å². The van der Waals surface area contributed by atoms with Gasteiger partial charge in [-0.1, -0.05) is 44.5 Å². The van der Waals surface area contributed by atoms with Gasteiger partial charge in [-0.25, -0.2) is 0 Å². The lowest BCUT2D eigenvalue weighted by Crippen LogP contribution is -1.97. The number of unbranched alkanes of at least 4 members (excludes halogenated alkanes) is 2. The summed E-state index contributed by atoms with van der Waals surface area (Å²) >= 11 is 0. The van der Waals surface area contributed by atoms with Crippen LogP contribution in [0.4, 0.5) is 5.69 Å². The zero-order chi connectivity index (χ0) is 10.2. The van der Waals surface area contributed by atoms with Gasteiger partial charge in [0.25, 0.3) is 0 Å². The molecule has 1 rings (SSSR count). The number of para-hydroxylation sites is 1. The van der Waals surface area contributed by atoms with Gasteiger partial charge >= 0.3 is 0 Å². The summed E-state index contributed by atoms with van der Waals surface area (Å²) in [4.78, 5) is 0. The van der Waals surface area contributed by atoms with Crippen LogP contribution in [-0.2, 0) is 0 Å². The van der Waals surface area contributed by atoms with Crippen LogP contribution in [0.1, 0.15) is 32.6 Å². The Morgan fingerprint density at radius 3 is 2.57 bits per heavy atom. The lowest BCUT2D eigenvalue weighted by molar-refractivity contribution is 0.716. The van der Waals surface area contributed by atoms with E-state index in [0.717, 1.165) is 17.8 Å². The van der Waals surface area contributed by atoms with Crippen LogP contribution in [0.5, 0.6) is 0 Å². The molecule has 1 aromatic rings. The molecule has 0 aliphatic rings. The van der Waals surface area contributed by atoms with Crippen molar-refractivity contribution in [1.82, 2.24) is 0 Å². The van der Waals surface area contributed by atoms with E-state index >= 15 is 0 Å². The third-order valence-electron chi connectivity index (χ3n) is 2.18. The topological polar surface area (TPSA) is 12.0 Å². The van der Waals surface area contributed by atoms with E-state index < -0.39 is 0 Å². The lowest BCUT2D eigenvalue weighted by Gasteiger charge is -2.08. The maximum absolute atomic E-state index is 4.01. The minimum Gasteiger partial charge on any atom is -0.359 e. The molecule has 76 valence electrons. The van der Waals surface area contributed by atoms with Crippen molar-refractivity contribution in [1.29, 1.82) is 0 Å². The molecule has 0 saturated carbocycles. The van der Waals surface area contributed by atoms with Crippen molar-refractivity contribution in [2.24, 2.45) is 0 Å². The molecule has 0 radical (unpaired) electrons. The van der Waals surface area contributed by atoms with Gasteiger partial charge in [-0.15, -0.1) is 0 Å². The van der Waals surface area contributed by atoms with Gasteiger partial charge in [0.2, 0.25) is 0 Å². The highest BCUT2D eigenvalue weighted by molar-refractivity contribution is 5.47. The number of hydrogen-bond acceptors (Lipinski definition) is 1. The molecule has 1 aromatic carbocycles. The molecular weight excluding hydrogens is 170 g/mol. The highest BCUT2D eigenvalue weighted by Crippen LogP contribution is 2.12. The second-order valence-electron chi connectivity index (χ2n) is 3.55. The normalized spacial score (nSPS) is 9.79. The van der Waals surface area contributed by atoms with Gasteiger partial charge in [-0.3, -0.25) is 0 Å². The molecule has 1 N–H and O–H groups in total. The fourth-order valence-electron chi connectivity index (χ4n) is 1.38. The van der Waals surface area contributed by atoms with Crippen LogP contribution in [0.15, 0.2) is 42.6 Å². The Hall–Kier alpha value is -1.24. The van der Waals surface area contributed by atoms with Crippen molar-refractivity contribution < 1.29 is 0 Å². The van der Waals surface area contributed by atoms with Crippen LogP contribution in [0.2, 0.25) is 0 Å². The Balaban J connectivity index is 2.27. The molecule has 0 aliphatic heterocycles. The fraction of sp³-hybridized carbons (Fsp3) is 0.385. The molecule has 0 saturated heterocycles. The SMILES string of the molecule is C=C(CCCCC)Nc1ccccc1. The highest BCUT2D eigenvalue weighted by Gasteiger charge is 1.94. The highest BCUT2D eigenvalue weighted by atomic mass is 14.9. The van der Waals surface area contributed by atoms with Gasteiger partial charge in [0, 0.05) is 11.4 Å². The second-order valence-corrected chi connectivity index (χ2v) is 3.55. The average molecular weight is 189 g/mol. The largest absolute Gasteiger partial charge is 0.359 e. The maximum atomic E-state index is 4.01. The molecule has 0 aliphatic carbocycles. The fourth-order valence-corrected chi connectivity index (χ4v) is 1.38. The maximum Gasteiger partial charge on any atom is 0.0381 e. The summed E-state index contributed by atoms with van der Waals surface area (Å²) in [6.07, 6.45) is 4.85. The monoisotopic (exact) mass is 189 g/mol. The summed E-state index contributed by atoms with van der Waals surface area (Å²) in [5.41, 5.74) is 2.25. The number of allylic oxidation sites excluding steroid dienone is 1. The van der Waals surface area contributed by atoms with Crippen molar-refractivity contribution in [3.63, 3.8) is 0 Å². The molecule has 1 heteroatoms. The number of nitrogens with one attached hydrogen (secondary N) is 1. The summed E-state index contributed by atoms with van der Waals surface area (Å²) < 4.78 is 0. The van der Waals surface area contributed by atoms with Gasteiger partial charge in [-0.2, -0.15) is 0 Å². The third-order valence-corrected chi connectivity index (χ3v) is 2.18. The van der Waals surface area contributed by atoms with E-state index in [1.165, 1.54) is 19.3 Å². The van der Waals surface area contributed by atoms with Crippen molar-refractivity contribution in [2.75, 3.05) is 5.32 Å². The number of anilines is 1. The molecule has 0 bridgehead atoms. The van der Waals surface area contributed by atoms with Crippen LogP contribution in [0.3, 0.4) is 0 Å². The van der Waals surface area contributed by atoms with Crippen LogP contribution in [0, 0.1) is 0 Å². The predicted molar refractivity (Wildman–Crippen MR) is 63.3 cm³/mol. The zero-order valence-electron chi connectivity index (χ0n) is 8.92. The van der Waals surface area contributed by atoms with Crippen molar-refractivity contribution >= 4 is 5.69 Å². The second kappa shape index (κ2) is 6.25. The van der Waals surface area contributed by atoms with E-state index in [4.69, 9.17) is 0 Å². The standard InChI is InChI=1S/C13H19N/c1-3-4-6-9-12(2)14-13-10-7-5-8-11-13/h5,7-8,10-11,14H,2-4,6,9H2,1H3.